The highest BCUT2D eigenvalue weighted by Crippen LogP contribution is 2.24. The standard InChI is InChI=1S/C15H21NOS/c1-2-18-14-10-6-5-9-13(14)15(17)16-11-7-3-4-8-12-16/h5-6,9-10H,2-4,7-8,11-12H2,1H3. The Kier molecular flexibility index (Phi) is 5.12. The molecule has 0 aliphatic carbocycles. The third kappa shape index (κ3) is 3.29. The van der Waals surface area contributed by atoms with E-state index in [1.165, 1.54) is 12.8 Å². The maximum Gasteiger partial charge on any atom is 0.254 e. The monoisotopic (exact) mass is 263 g/mol. The van der Waals surface area contributed by atoms with Crippen LogP contribution in [-0.2, 0) is 0 Å². The molecule has 0 radical (unpaired) electrons. The fraction of sp³-hybridized carbons (Fsp3) is 0.533. The minimum atomic E-state index is 0.216. The van der Waals surface area contributed by atoms with E-state index in [2.05, 4.69) is 13.0 Å². The van der Waals surface area contributed by atoms with E-state index in [1.807, 2.05) is 23.1 Å². The third-order valence-electron chi connectivity index (χ3n) is 3.31. The average Bonchev–Trinajstić information content (AvgIpc) is 2.68. The maximum atomic E-state index is 12.6. The highest BCUT2D eigenvalue weighted by atomic mass is 32.2. The Morgan fingerprint density at radius 3 is 2.50 bits per heavy atom. The van der Waals surface area contributed by atoms with Crippen molar-refractivity contribution in [2.45, 2.75) is 37.5 Å². The molecule has 0 bridgehead atoms. The number of thioether (sulfide) groups is 1. The van der Waals surface area contributed by atoms with Gasteiger partial charge >= 0.3 is 0 Å². The van der Waals surface area contributed by atoms with E-state index >= 15 is 0 Å². The lowest BCUT2D eigenvalue weighted by Crippen LogP contribution is -2.32. The maximum absolute atomic E-state index is 12.6. The van der Waals surface area contributed by atoms with Crippen molar-refractivity contribution < 1.29 is 4.79 Å². The number of rotatable bonds is 3. The number of benzene rings is 1. The van der Waals surface area contributed by atoms with Crippen LogP contribution in [0.2, 0.25) is 0 Å². The summed E-state index contributed by atoms with van der Waals surface area (Å²) >= 11 is 1.75. The molecular formula is C15H21NOS. The number of carbonyl (C=O) groups excluding carboxylic acids is 1. The van der Waals surface area contributed by atoms with Crippen LogP contribution in [0.3, 0.4) is 0 Å². The normalized spacial score (nSPS) is 16.4. The first-order valence-corrected chi connectivity index (χ1v) is 7.82. The topological polar surface area (TPSA) is 20.3 Å². The van der Waals surface area contributed by atoms with Crippen molar-refractivity contribution in [2.24, 2.45) is 0 Å². The number of nitrogens with zero attached hydrogens (tertiary/aromatic N) is 1. The van der Waals surface area contributed by atoms with E-state index in [9.17, 15) is 4.79 Å². The lowest BCUT2D eigenvalue weighted by atomic mass is 10.2. The Morgan fingerprint density at radius 2 is 1.83 bits per heavy atom. The Morgan fingerprint density at radius 1 is 1.17 bits per heavy atom. The summed E-state index contributed by atoms with van der Waals surface area (Å²) in [6.45, 7) is 3.96. The summed E-state index contributed by atoms with van der Waals surface area (Å²) in [7, 11) is 0. The lowest BCUT2D eigenvalue weighted by molar-refractivity contribution is 0.0758. The summed E-state index contributed by atoms with van der Waals surface area (Å²) in [6, 6.07) is 7.99. The average molecular weight is 263 g/mol. The van der Waals surface area contributed by atoms with E-state index in [1.54, 1.807) is 11.8 Å². The Bertz CT molecular complexity index is 397. The van der Waals surface area contributed by atoms with Crippen molar-refractivity contribution in [1.29, 1.82) is 0 Å². The molecular weight excluding hydrogens is 242 g/mol. The van der Waals surface area contributed by atoms with Crippen LogP contribution in [-0.4, -0.2) is 29.6 Å². The number of hydrogen-bond donors (Lipinski definition) is 0. The van der Waals surface area contributed by atoms with Crippen molar-refractivity contribution >= 4 is 17.7 Å². The Balaban J connectivity index is 2.16. The van der Waals surface area contributed by atoms with E-state index in [0.29, 0.717) is 0 Å². The number of likely N-dealkylation sites (tertiary alicyclic amines) is 1. The van der Waals surface area contributed by atoms with Gasteiger partial charge in [-0.05, 0) is 30.7 Å². The van der Waals surface area contributed by atoms with Crippen molar-refractivity contribution in [2.75, 3.05) is 18.8 Å². The fourth-order valence-electron chi connectivity index (χ4n) is 2.37. The molecule has 98 valence electrons. The molecule has 1 aliphatic heterocycles. The summed E-state index contributed by atoms with van der Waals surface area (Å²) in [5, 5.41) is 0. The van der Waals surface area contributed by atoms with E-state index in [-0.39, 0.29) is 5.91 Å². The van der Waals surface area contributed by atoms with E-state index in [0.717, 1.165) is 42.1 Å². The molecule has 1 saturated heterocycles. The van der Waals surface area contributed by atoms with Crippen LogP contribution in [0.25, 0.3) is 0 Å². The highest BCUT2D eigenvalue weighted by molar-refractivity contribution is 7.99. The molecule has 1 aromatic carbocycles. The van der Waals surface area contributed by atoms with E-state index < -0.39 is 0 Å². The van der Waals surface area contributed by atoms with Gasteiger partial charge in [-0.25, -0.2) is 0 Å². The van der Waals surface area contributed by atoms with Crippen molar-refractivity contribution in [3.8, 4) is 0 Å². The molecule has 2 rings (SSSR count). The van der Waals surface area contributed by atoms with Crippen molar-refractivity contribution in [3.63, 3.8) is 0 Å². The van der Waals surface area contributed by atoms with Gasteiger partial charge in [-0.3, -0.25) is 4.79 Å². The molecule has 3 heteroatoms. The minimum Gasteiger partial charge on any atom is -0.339 e. The van der Waals surface area contributed by atoms with Crippen molar-refractivity contribution in [3.05, 3.63) is 29.8 Å². The molecule has 0 spiro atoms. The van der Waals surface area contributed by atoms with Crippen LogP contribution in [0.1, 0.15) is 43.0 Å². The first-order valence-electron chi connectivity index (χ1n) is 6.84. The number of carbonyl (C=O) groups is 1. The molecule has 0 aromatic heterocycles. The van der Waals surface area contributed by atoms with Gasteiger partial charge in [0.05, 0.1) is 5.56 Å². The predicted molar refractivity (Wildman–Crippen MR) is 77.2 cm³/mol. The zero-order chi connectivity index (χ0) is 12.8. The van der Waals surface area contributed by atoms with Gasteiger partial charge in [0.1, 0.15) is 0 Å². The van der Waals surface area contributed by atoms with E-state index in [4.69, 9.17) is 0 Å². The zero-order valence-corrected chi connectivity index (χ0v) is 11.8. The van der Waals surface area contributed by atoms with Gasteiger partial charge in [0.2, 0.25) is 0 Å². The first-order chi connectivity index (χ1) is 8.83. The lowest BCUT2D eigenvalue weighted by Gasteiger charge is -2.21. The minimum absolute atomic E-state index is 0.216. The molecule has 1 amide bonds. The quantitative estimate of drug-likeness (QED) is 0.773. The molecule has 0 saturated carbocycles. The first kappa shape index (κ1) is 13.5. The van der Waals surface area contributed by atoms with Crippen LogP contribution < -0.4 is 0 Å². The predicted octanol–water partition coefficient (Wildman–Crippen LogP) is 3.81. The molecule has 1 aliphatic rings. The second-order valence-corrected chi connectivity index (χ2v) is 5.94. The van der Waals surface area contributed by atoms with Crippen LogP contribution >= 0.6 is 11.8 Å². The summed E-state index contributed by atoms with van der Waals surface area (Å²) in [5.41, 5.74) is 0.881. The van der Waals surface area contributed by atoms with Gasteiger partial charge < -0.3 is 4.90 Å². The number of amides is 1. The molecule has 18 heavy (non-hydrogen) atoms. The molecule has 0 atom stereocenters. The van der Waals surface area contributed by atoms with Gasteiger partial charge in [-0.2, -0.15) is 0 Å². The van der Waals surface area contributed by atoms with Gasteiger partial charge in [-0.15, -0.1) is 11.8 Å². The summed E-state index contributed by atoms with van der Waals surface area (Å²) < 4.78 is 0. The second kappa shape index (κ2) is 6.83. The van der Waals surface area contributed by atoms with Gasteiger partial charge in [-0.1, -0.05) is 31.9 Å². The summed E-state index contributed by atoms with van der Waals surface area (Å²) in [4.78, 5) is 15.7. The Labute approximate surface area is 114 Å². The molecule has 1 fully saturated rings. The zero-order valence-electron chi connectivity index (χ0n) is 11.0. The van der Waals surface area contributed by atoms with Crippen LogP contribution in [0.4, 0.5) is 0 Å². The van der Waals surface area contributed by atoms with Crippen LogP contribution in [0.5, 0.6) is 0 Å². The van der Waals surface area contributed by atoms with Gasteiger partial charge in [0, 0.05) is 18.0 Å². The SMILES string of the molecule is CCSc1ccccc1C(=O)N1CCCCCC1. The van der Waals surface area contributed by atoms with Gasteiger partial charge in [0.25, 0.3) is 5.91 Å². The van der Waals surface area contributed by atoms with Crippen LogP contribution in [0, 0.1) is 0 Å². The third-order valence-corrected chi connectivity index (χ3v) is 4.27. The molecule has 1 aromatic rings. The number of hydrogen-bond acceptors (Lipinski definition) is 2. The highest BCUT2D eigenvalue weighted by Gasteiger charge is 2.19. The molecule has 1 heterocycles. The molecule has 0 N–H and O–H groups in total. The Hall–Kier alpha value is -0.960. The largest absolute Gasteiger partial charge is 0.339 e. The second-order valence-electron chi connectivity index (χ2n) is 4.64. The smallest absolute Gasteiger partial charge is 0.254 e. The van der Waals surface area contributed by atoms with Gasteiger partial charge in [0.15, 0.2) is 0 Å². The summed E-state index contributed by atoms with van der Waals surface area (Å²) in [6.07, 6.45) is 4.81. The van der Waals surface area contributed by atoms with Crippen LogP contribution in [0.15, 0.2) is 29.2 Å². The molecule has 0 unspecified atom stereocenters. The fourth-order valence-corrected chi connectivity index (χ4v) is 3.17. The molecule has 2 nitrogen and oxygen atoms in total. The summed E-state index contributed by atoms with van der Waals surface area (Å²) in [5.74, 6) is 1.22. The van der Waals surface area contributed by atoms with Crippen molar-refractivity contribution in [1.82, 2.24) is 4.90 Å².